The van der Waals surface area contributed by atoms with E-state index in [1.54, 1.807) is 54.6 Å². The zero-order valence-corrected chi connectivity index (χ0v) is 18.1. The van der Waals surface area contributed by atoms with Gasteiger partial charge < -0.3 is 14.2 Å². The Labute approximate surface area is 193 Å². The molecule has 7 nitrogen and oxygen atoms in total. The van der Waals surface area contributed by atoms with E-state index in [2.05, 4.69) is 5.10 Å². The second-order valence-corrected chi connectivity index (χ2v) is 7.01. The van der Waals surface area contributed by atoms with Crippen LogP contribution in [0.2, 0.25) is 0 Å². The van der Waals surface area contributed by atoms with Gasteiger partial charge in [-0.3, -0.25) is 0 Å². The monoisotopic (exact) mass is 464 g/mol. The number of aromatic nitrogens is 2. The van der Waals surface area contributed by atoms with Gasteiger partial charge in [0.05, 0.1) is 19.9 Å². The van der Waals surface area contributed by atoms with Gasteiger partial charge in [-0.1, -0.05) is 30.3 Å². The number of hydrogen-bond donors (Lipinski definition) is 0. The minimum atomic E-state index is -0.829. The number of carbonyl (C=O) groups excluding carboxylic acids is 2. The molecule has 4 aromatic rings. The summed E-state index contributed by atoms with van der Waals surface area (Å²) in [4.78, 5) is 25.6. The summed E-state index contributed by atoms with van der Waals surface area (Å²) in [5, 5.41) is 4.51. The van der Waals surface area contributed by atoms with Crippen molar-refractivity contribution in [2.24, 2.45) is 0 Å². The van der Waals surface area contributed by atoms with Crippen LogP contribution in [-0.4, -0.2) is 35.9 Å². The highest BCUT2D eigenvalue weighted by Gasteiger charge is 2.32. The van der Waals surface area contributed by atoms with Crippen molar-refractivity contribution in [3.05, 3.63) is 95.7 Å². The molecule has 0 aliphatic heterocycles. The molecular weight excluding hydrogens is 446 g/mol. The number of ether oxygens (including phenoxy) is 3. The molecule has 34 heavy (non-hydrogen) atoms. The smallest absolute Gasteiger partial charge is 0.357 e. The van der Waals surface area contributed by atoms with Gasteiger partial charge in [-0.2, -0.15) is 5.10 Å². The maximum Gasteiger partial charge on any atom is 0.357 e. The van der Waals surface area contributed by atoms with Crippen molar-refractivity contribution >= 4 is 11.9 Å². The second-order valence-electron chi connectivity index (χ2n) is 7.01. The molecule has 0 aliphatic carbocycles. The average molecular weight is 464 g/mol. The van der Waals surface area contributed by atoms with Gasteiger partial charge in [0.25, 0.3) is 0 Å². The van der Waals surface area contributed by atoms with Crippen molar-refractivity contribution < 1.29 is 32.6 Å². The van der Waals surface area contributed by atoms with Crippen LogP contribution >= 0.6 is 0 Å². The first kappa shape index (κ1) is 22.7. The van der Waals surface area contributed by atoms with Gasteiger partial charge in [0.2, 0.25) is 0 Å². The van der Waals surface area contributed by atoms with Gasteiger partial charge in [0.1, 0.15) is 34.4 Å². The molecule has 1 aromatic heterocycles. The van der Waals surface area contributed by atoms with Crippen molar-refractivity contribution in [1.82, 2.24) is 9.78 Å². The first-order valence-electron chi connectivity index (χ1n) is 10.0. The molecule has 0 unspecified atom stereocenters. The Kier molecular flexibility index (Phi) is 6.35. The molecule has 9 heteroatoms. The number of nitrogens with zero attached hydrogens (tertiary/aromatic N) is 2. The van der Waals surface area contributed by atoms with Crippen molar-refractivity contribution in [2.75, 3.05) is 14.2 Å². The fourth-order valence-corrected chi connectivity index (χ4v) is 3.41. The van der Waals surface area contributed by atoms with E-state index >= 15 is 0 Å². The molecular formula is C25H18F2N2O5. The lowest BCUT2D eigenvalue weighted by molar-refractivity contribution is 0.0549. The molecule has 0 saturated heterocycles. The number of benzene rings is 3. The van der Waals surface area contributed by atoms with Crippen molar-refractivity contribution in [1.29, 1.82) is 0 Å². The van der Waals surface area contributed by atoms with Gasteiger partial charge in [-0.15, -0.1) is 0 Å². The van der Waals surface area contributed by atoms with E-state index in [-0.39, 0.29) is 34.0 Å². The van der Waals surface area contributed by atoms with Crippen molar-refractivity contribution in [3.8, 4) is 28.4 Å². The van der Waals surface area contributed by atoms with Crippen LogP contribution in [0.5, 0.6) is 11.5 Å². The summed E-state index contributed by atoms with van der Waals surface area (Å²) in [5.41, 5.74) is 0.530. The summed E-state index contributed by atoms with van der Waals surface area (Å²) in [6.07, 6.45) is 0. The minimum absolute atomic E-state index is 0.0589. The molecule has 0 bridgehead atoms. The number of para-hydroxylation sites is 2. The Morgan fingerprint density at radius 2 is 1.44 bits per heavy atom. The third kappa shape index (κ3) is 4.36. The normalized spacial score (nSPS) is 10.6. The Morgan fingerprint density at radius 3 is 2.09 bits per heavy atom. The molecule has 0 aliphatic rings. The molecule has 0 radical (unpaired) electrons. The number of carbonyl (C=O) groups is 2. The van der Waals surface area contributed by atoms with Crippen molar-refractivity contribution in [2.45, 2.75) is 0 Å². The molecule has 4 rings (SSSR count). The third-order valence-corrected chi connectivity index (χ3v) is 4.86. The predicted molar refractivity (Wildman–Crippen MR) is 118 cm³/mol. The molecule has 0 spiro atoms. The molecule has 0 fully saturated rings. The van der Waals surface area contributed by atoms with Crippen molar-refractivity contribution in [3.63, 3.8) is 0 Å². The fraction of sp³-hybridized carbons (Fsp3) is 0.0800. The standard InChI is InChI=1S/C25H18F2N2O5/c1-32-24(30)21-22(28-29(23(21)25(31)33-2)17-8-4-3-5-9-17)19-10-6-7-11-20(19)34-18-13-15(26)12-16(27)14-18/h3-14H,1-2H3. The maximum absolute atomic E-state index is 13.7. The van der Waals surface area contributed by atoms with E-state index in [1.165, 1.54) is 18.9 Å². The van der Waals surface area contributed by atoms with Gasteiger partial charge in [0, 0.05) is 23.8 Å². The van der Waals surface area contributed by atoms with Gasteiger partial charge in [-0.25, -0.2) is 23.1 Å². The predicted octanol–water partition coefficient (Wildman–Crippen LogP) is 5.18. The number of hydrogen-bond acceptors (Lipinski definition) is 6. The minimum Gasteiger partial charge on any atom is -0.465 e. The number of halogens is 2. The highest BCUT2D eigenvalue weighted by molar-refractivity contribution is 6.07. The first-order valence-corrected chi connectivity index (χ1v) is 10.0. The fourth-order valence-electron chi connectivity index (χ4n) is 3.41. The van der Waals surface area contributed by atoms with Crippen LogP contribution in [0.25, 0.3) is 16.9 Å². The topological polar surface area (TPSA) is 79.7 Å². The maximum atomic E-state index is 13.7. The average Bonchev–Trinajstić information content (AvgIpc) is 3.24. The highest BCUT2D eigenvalue weighted by atomic mass is 19.1. The van der Waals surface area contributed by atoms with Crippen LogP contribution in [-0.2, 0) is 9.47 Å². The van der Waals surface area contributed by atoms with Crippen LogP contribution in [0.3, 0.4) is 0 Å². The van der Waals surface area contributed by atoms with Crippen LogP contribution in [0.4, 0.5) is 8.78 Å². The summed E-state index contributed by atoms with van der Waals surface area (Å²) in [6, 6.07) is 17.9. The third-order valence-electron chi connectivity index (χ3n) is 4.86. The van der Waals surface area contributed by atoms with E-state index in [0.717, 1.165) is 18.2 Å². The van der Waals surface area contributed by atoms with E-state index in [9.17, 15) is 18.4 Å². The van der Waals surface area contributed by atoms with Crippen LogP contribution in [0.15, 0.2) is 72.8 Å². The molecule has 172 valence electrons. The van der Waals surface area contributed by atoms with Gasteiger partial charge in [0.15, 0.2) is 5.69 Å². The largest absolute Gasteiger partial charge is 0.465 e. The molecule has 3 aromatic carbocycles. The molecule has 0 amide bonds. The molecule has 0 atom stereocenters. The van der Waals surface area contributed by atoms with Crippen LogP contribution in [0.1, 0.15) is 20.8 Å². The summed E-state index contributed by atoms with van der Waals surface area (Å²) in [6.45, 7) is 0. The van der Waals surface area contributed by atoms with E-state index in [4.69, 9.17) is 14.2 Å². The zero-order valence-electron chi connectivity index (χ0n) is 18.1. The Hall–Kier alpha value is -4.53. The lowest BCUT2D eigenvalue weighted by atomic mass is 10.0. The number of rotatable bonds is 6. The molecule has 1 heterocycles. The van der Waals surface area contributed by atoms with E-state index in [1.807, 2.05) is 0 Å². The number of methoxy groups -OCH3 is 2. The lowest BCUT2D eigenvalue weighted by Crippen LogP contribution is -2.15. The Balaban J connectivity index is 1.96. The molecule has 0 saturated carbocycles. The van der Waals surface area contributed by atoms with Crippen LogP contribution < -0.4 is 4.74 Å². The Bertz CT molecular complexity index is 1350. The second kappa shape index (κ2) is 9.53. The summed E-state index contributed by atoms with van der Waals surface area (Å²) in [7, 11) is 2.35. The van der Waals surface area contributed by atoms with Crippen LogP contribution in [0, 0.1) is 11.6 Å². The van der Waals surface area contributed by atoms with E-state index < -0.39 is 23.6 Å². The highest BCUT2D eigenvalue weighted by Crippen LogP contribution is 2.37. The zero-order chi connectivity index (χ0) is 24.2. The summed E-state index contributed by atoms with van der Waals surface area (Å²) >= 11 is 0. The lowest BCUT2D eigenvalue weighted by Gasteiger charge is -2.11. The summed E-state index contributed by atoms with van der Waals surface area (Å²) < 4.78 is 44.2. The van der Waals surface area contributed by atoms with E-state index in [0.29, 0.717) is 5.69 Å². The quantitative estimate of drug-likeness (QED) is 0.366. The number of esters is 2. The first-order chi connectivity index (χ1) is 16.4. The van der Waals surface area contributed by atoms with Gasteiger partial charge >= 0.3 is 11.9 Å². The SMILES string of the molecule is COC(=O)c1c(-c2ccccc2Oc2cc(F)cc(F)c2)nn(-c2ccccc2)c1C(=O)OC. The van der Waals surface area contributed by atoms with Gasteiger partial charge in [-0.05, 0) is 24.3 Å². The Morgan fingerprint density at radius 1 is 0.824 bits per heavy atom. The summed E-state index contributed by atoms with van der Waals surface area (Å²) in [5.74, 6) is -3.22. The molecule has 0 N–H and O–H groups in total.